The maximum Gasteiger partial charge on any atom is 0.138 e. The minimum absolute atomic E-state index is 0.326. The monoisotopic (exact) mass is 209 g/mol. The Morgan fingerprint density at radius 3 is 3.07 bits per heavy atom. The van der Waals surface area contributed by atoms with Crippen molar-refractivity contribution >= 4 is 0 Å². The second-order valence-corrected chi connectivity index (χ2v) is 4.40. The van der Waals surface area contributed by atoms with Gasteiger partial charge in [-0.2, -0.15) is 0 Å². The highest BCUT2D eigenvalue weighted by atomic mass is 16.5. The second kappa shape index (κ2) is 4.31. The lowest BCUT2D eigenvalue weighted by atomic mass is 9.98. The van der Waals surface area contributed by atoms with Crippen molar-refractivity contribution in [2.45, 2.75) is 51.7 Å². The number of hydrogen-bond acceptors (Lipinski definition) is 3. The maximum absolute atomic E-state index is 5.69. The summed E-state index contributed by atoms with van der Waals surface area (Å²) < 4.78 is 7.85. The van der Waals surface area contributed by atoms with Gasteiger partial charge in [0.2, 0.25) is 0 Å². The standard InChI is InChI=1S/C11H19N3O/c1-4-10-9(5-6-15-10)11-13-12-7-14(11)8(2)3/h7-10H,4-6H2,1-3H3. The van der Waals surface area contributed by atoms with Crippen molar-refractivity contribution in [1.82, 2.24) is 14.8 Å². The highest BCUT2D eigenvalue weighted by molar-refractivity contribution is 5.03. The molecule has 1 aromatic rings. The van der Waals surface area contributed by atoms with Crippen molar-refractivity contribution in [3.63, 3.8) is 0 Å². The van der Waals surface area contributed by atoms with E-state index in [0.29, 0.717) is 18.1 Å². The van der Waals surface area contributed by atoms with Gasteiger partial charge in [-0.05, 0) is 26.7 Å². The molecule has 2 unspecified atom stereocenters. The van der Waals surface area contributed by atoms with Crippen LogP contribution >= 0.6 is 0 Å². The zero-order chi connectivity index (χ0) is 10.8. The number of nitrogens with zero attached hydrogens (tertiary/aromatic N) is 3. The van der Waals surface area contributed by atoms with Gasteiger partial charge in [0.25, 0.3) is 0 Å². The molecule has 4 nitrogen and oxygen atoms in total. The lowest BCUT2D eigenvalue weighted by molar-refractivity contribution is 0.0986. The van der Waals surface area contributed by atoms with Gasteiger partial charge in [-0.3, -0.25) is 0 Å². The highest BCUT2D eigenvalue weighted by Crippen LogP contribution is 2.32. The molecule has 0 aromatic carbocycles. The first-order valence-electron chi connectivity index (χ1n) is 5.75. The maximum atomic E-state index is 5.69. The fourth-order valence-corrected chi connectivity index (χ4v) is 2.26. The van der Waals surface area contributed by atoms with Gasteiger partial charge >= 0.3 is 0 Å². The largest absolute Gasteiger partial charge is 0.377 e. The molecule has 1 saturated heterocycles. The Bertz CT molecular complexity index is 321. The molecular weight excluding hydrogens is 190 g/mol. The van der Waals surface area contributed by atoms with Gasteiger partial charge in [0.1, 0.15) is 12.2 Å². The van der Waals surface area contributed by atoms with Crippen molar-refractivity contribution in [2.75, 3.05) is 6.61 Å². The number of hydrogen-bond donors (Lipinski definition) is 0. The molecule has 15 heavy (non-hydrogen) atoms. The summed E-state index contributed by atoms with van der Waals surface area (Å²) in [5.74, 6) is 1.52. The molecule has 0 bridgehead atoms. The fourth-order valence-electron chi connectivity index (χ4n) is 2.26. The molecule has 1 aromatic heterocycles. The molecule has 0 amide bonds. The quantitative estimate of drug-likeness (QED) is 0.765. The summed E-state index contributed by atoms with van der Waals surface area (Å²) in [6.07, 6.45) is 4.27. The van der Waals surface area contributed by atoms with Gasteiger partial charge in [-0.15, -0.1) is 10.2 Å². The first-order valence-corrected chi connectivity index (χ1v) is 5.75. The van der Waals surface area contributed by atoms with E-state index in [1.807, 2.05) is 6.33 Å². The summed E-state index contributed by atoms with van der Waals surface area (Å²) in [5, 5.41) is 8.26. The summed E-state index contributed by atoms with van der Waals surface area (Å²) in [7, 11) is 0. The molecule has 2 rings (SSSR count). The highest BCUT2D eigenvalue weighted by Gasteiger charge is 2.32. The van der Waals surface area contributed by atoms with Crippen LogP contribution in [0.2, 0.25) is 0 Å². The minimum Gasteiger partial charge on any atom is -0.377 e. The summed E-state index contributed by atoms with van der Waals surface area (Å²) >= 11 is 0. The van der Waals surface area contributed by atoms with Crippen molar-refractivity contribution in [1.29, 1.82) is 0 Å². The van der Waals surface area contributed by atoms with Gasteiger partial charge in [0, 0.05) is 18.6 Å². The molecule has 4 heteroatoms. The van der Waals surface area contributed by atoms with E-state index in [-0.39, 0.29) is 0 Å². The van der Waals surface area contributed by atoms with Crippen LogP contribution in [0.5, 0.6) is 0 Å². The molecular formula is C11H19N3O. The molecule has 2 heterocycles. The Morgan fingerprint density at radius 1 is 1.60 bits per heavy atom. The van der Waals surface area contributed by atoms with Gasteiger partial charge in [-0.25, -0.2) is 0 Å². The van der Waals surface area contributed by atoms with Crippen LogP contribution in [0.4, 0.5) is 0 Å². The third-order valence-electron chi connectivity index (χ3n) is 3.10. The molecule has 0 spiro atoms. The third kappa shape index (κ3) is 1.91. The average Bonchev–Trinajstić information content (AvgIpc) is 2.85. The smallest absolute Gasteiger partial charge is 0.138 e. The van der Waals surface area contributed by atoms with E-state index in [1.54, 1.807) is 0 Å². The minimum atomic E-state index is 0.326. The molecule has 0 aliphatic carbocycles. The molecule has 1 aliphatic heterocycles. The van der Waals surface area contributed by atoms with Crippen molar-refractivity contribution < 1.29 is 4.74 Å². The van der Waals surface area contributed by atoms with Crippen LogP contribution in [0.3, 0.4) is 0 Å². The van der Waals surface area contributed by atoms with Gasteiger partial charge < -0.3 is 9.30 Å². The van der Waals surface area contributed by atoms with Crippen LogP contribution in [0.1, 0.15) is 51.4 Å². The number of aromatic nitrogens is 3. The van der Waals surface area contributed by atoms with E-state index >= 15 is 0 Å². The van der Waals surface area contributed by atoms with E-state index in [0.717, 1.165) is 25.3 Å². The van der Waals surface area contributed by atoms with E-state index in [1.165, 1.54) is 0 Å². The Kier molecular flexibility index (Phi) is 3.05. The van der Waals surface area contributed by atoms with Crippen molar-refractivity contribution in [3.8, 4) is 0 Å². The SMILES string of the molecule is CCC1OCCC1c1nncn1C(C)C. The Labute approximate surface area is 90.7 Å². The molecule has 84 valence electrons. The molecule has 0 N–H and O–H groups in total. The zero-order valence-corrected chi connectivity index (χ0v) is 9.68. The zero-order valence-electron chi connectivity index (χ0n) is 9.68. The molecule has 0 saturated carbocycles. The third-order valence-corrected chi connectivity index (χ3v) is 3.10. The Morgan fingerprint density at radius 2 is 2.40 bits per heavy atom. The van der Waals surface area contributed by atoms with E-state index in [9.17, 15) is 0 Å². The van der Waals surface area contributed by atoms with Crippen LogP contribution in [0, 0.1) is 0 Å². The molecule has 0 radical (unpaired) electrons. The molecule has 1 fully saturated rings. The predicted molar refractivity (Wildman–Crippen MR) is 57.8 cm³/mol. The first kappa shape index (κ1) is 10.6. The Balaban J connectivity index is 2.24. The normalized spacial score (nSPS) is 26.4. The van der Waals surface area contributed by atoms with Gasteiger partial charge in [-0.1, -0.05) is 6.92 Å². The van der Waals surface area contributed by atoms with E-state index in [2.05, 4.69) is 35.5 Å². The van der Waals surface area contributed by atoms with Gasteiger partial charge in [0.05, 0.1) is 6.10 Å². The van der Waals surface area contributed by atoms with E-state index in [4.69, 9.17) is 4.74 Å². The summed E-state index contributed by atoms with van der Waals surface area (Å²) in [5.41, 5.74) is 0. The Hall–Kier alpha value is -0.900. The van der Waals surface area contributed by atoms with Crippen molar-refractivity contribution in [2.24, 2.45) is 0 Å². The summed E-state index contributed by atoms with van der Waals surface area (Å²) in [6, 6.07) is 0.424. The van der Waals surface area contributed by atoms with Crippen LogP contribution in [-0.4, -0.2) is 27.5 Å². The summed E-state index contributed by atoms with van der Waals surface area (Å²) in [6.45, 7) is 7.33. The number of ether oxygens (including phenoxy) is 1. The average molecular weight is 209 g/mol. The van der Waals surface area contributed by atoms with Crippen LogP contribution in [0.25, 0.3) is 0 Å². The predicted octanol–water partition coefficient (Wildman–Crippen LogP) is 2.14. The fraction of sp³-hybridized carbons (Fsp3) is 0.818. The number of rotatable bonds is 3. The lowest BCUT2D eigenvalue weighted by Gasteiger charge is -2.18. The van der Waals surface area contributed by atoms with E-state index < -0.39 is 0 Å². The molecule has 2 atom stereocenters. The second-order valence-electron chi connectivity index (χ2n) is 4.40. The van der Waals surface area contributed by atoms with Crippen molar-refractivity contribution in [3.05, 3.63) is 12.2 Å². The van der Waals surface area contributed by atoms with Crippen LogP contribution < -0.4 is 0 Å². The molecule has 1 aliphatic rings. The first-order chi connectivity index (χ1) is 7.24. The lowest BCUT2D eigenvalue weighted by Crippen LogP contribution is -2.18. The van der Waals surface area contributed by atoms with Crippen LogP contribution in [0.15, 0.2) is 6.33 Å². The van der Waals surface area contributed by atoms with Gasteiger partial charge in [0.15, 0.2) is 0 Å². The summed E-state index contributed by atoms with van der Waals surface area (Å²) in [4.78, 5) is 0. The topological polar surface area (TPSA) is 39.9 Å². The van der Waals surface area contributed by atoms with Crippen LogP contribution in [-0.2, 0) is 4.74 Å².